The van der Waals surface area contributed by atoms with Gasteiger partial charge in [0.15, 0.2) is 0 Å². The van der Waals surface area contributed by atoms with Crippen LogP contribution >= 0.6 is 11.6 Å². The van der Waals surface area contributed by atoms with E-state index in [1.54, 1.807) is 4.90 Å². The second-order valence-electron chi connectivity index (χ2n) is 10.5. The molecule has 0 saturated carbocycles. The highest BCUT2D eigenvalue weighted by Gasteiger charge is 2.52. The Hall–Kier alpha value is -1.44. The number of hydrogen-bond donors (Lipinski definition) is 0. The van der Waals surface area contributed by atoms with Crippen LogP contribution in [0.4, 0.5) is 4.79 Å². The van der Waals surface area contributed by atoms with Gasteiger partial charge in [-0.15, -0.1) is 0 Å². The van der Waals surface area contributed by atoms with E-state index in [1.807, 2.05) is 66.7 Å². The summed E-state index contributed by atoms with van der Waals surface area (Å²) in [6.07, 6.45) is 1.49. The fraction of sp³-hybridized carbons (Fsp3) is 0.696. The molecule has 1 aromatic rings. The SMILES string of the molecule is CC(C)(C)OC(=O)N1CCC(COc2cc(Cl)ccc2B2OC(C)(C)C(C)(C)O2)CC1. The van der Waals surface area contributed by atoms with Crippen molar-refractivity contribution in [3.8, 4) is 5.75 Å². The standard InChI is InChI=1S/C23H35BClNO5/c1-21(2,3)29-20(27)26-12-10-16(11-13-26)15-28-19-14-17(25)8-9-18(19)24-30-22(4,5)23(6,7)31-24/h8-9,14,16H,10-13,15H2,1-7H3. The first kappa shape index (κ1) is 24.2. The fourth-order valence-electron chi connectivity index (χ4n) is 3.61. The van der Waals surface area contributed by atoms with E-state index < -0.39 is 23.9 Å². The summed E-state index contributed by atoms with van der Waals surface area (Å²) in [6, 6.07) is 5.55. The summed E-state index contributed by atoms with van der Waals surface area (Å²) in [7, 11) is -0.508. The van der Waals surface area contributed by atoms with Crippen molar-refractivity contribution in [1.82, 2.24) is 4.90 Å². The van der Waals surface area contributed by atoms with Crippen molar-refractivity contribution in [2.75, 3.05) is 19.7 Å². The van der Waals surface area contributed by atoms with Gasteiger partial charge in [0.05, 0.1) is 17.8 Å². The number of amides is 1. The van der Waals surface area contributed by atoms with E-state index in [4.69, 9.17) is 30.4 Å². The number of hydrogen-bond acceptors (Lipinski definition) is 5. The lowest BCUT2D eigenvalue weighted by Gasteiger charge is -2.33. The summed E-state index contributed by atoms with van der Waals surface area (Å²) in [5.41, 5.74) is -0.492. The van der Waals surface area contributed by atoms with Crippen LogP contribution < -0.4 is 10.2 Å². The number of rotatable bonds is 4. The van der Waals surface area contributed by atoms with Gasteiger partial charge in [-0.3, -0.25) is 0 Å². The molecule has 172 valence electrons. The average Bonchev–Trinajstić information content (AvgIpc) is 2.86. The first-order chi connectivity index (χ1) is 14.3. The van der Waals surface area contributed by atoms with Gasteiger partial charge in [-0.2, -0.15) is 0 Å². The quantitative estimate of drug-likeness (QED) is 0.623. The average molecular weight is 452 g/mol. The van der Waals surface area contributed by atoms with Gasteiger partial charge < -0.3 is 23.7 Å². The number of carbonyl (C=O) groups is 1. The van der Waals surface area contributed by atoms with Crippen molar-refractivity contribution in [3.05, 3.63) is 23.2 Å². The van der Waals surface area contributed by atoms with Crippen molar-refractivity contribution >= 4 is 30.3 Å². The van der Waals surface area contributed by atoms with Crippen LogP contribution in [0, 0.1) is 5.92 Å². The molecule has 2 aliphatic heterocycles. The highest BCUT2D eigenvalue weighted by molar-refractivity contribution is 6.63. The van der Waals surface area contributed by atoms with Crippen molar-refractivity contribution in [2.24, 2.45) is 5.92 Å². The minimum absolute atomic E-state index is 0.246. The normalized spacial score (nSPS) is 21.3. The third kappa shape index (κ3) is 5.88. The summed E-state index contributed by atoms with van der Waals surface area (Å²) in [5.74, 6) is 1.03. The molecule has 6 nitrogen and oxygen atoms in total. The fourth-order valence-corrected chi connectivity index (χ4v) is 3.78. The summed E-state index contributed by atoms with van der Waals surface area (Å²) >= 11 is 6.24. The van der Waals surface area contributed by atoms with Gasteiger partial charge in [0.25, 0.3) is 0 Å². The molecule has 0 aromatic heterocycles. The van der Waals surface area contributed by atoms with Gasteiger partial charge >= 0.3 is 13.2 Å². The number of nitrogens with zero attached hydrogens (tertiary/aromatic N) is 1. The molecule has 0 N–H and O–H groups in total. The van der Waals surface area contributed by atoms with Crippen LogP contribution in [0.2, 0.25) is 5.02 Å². The number of carbonyl (C=O) groups excluding carboxylic acids is 1. The van der Waals surface area contributed by atoms with Crippen LogP contribution in [-0.2, 0) is 14.0 Å². The maximum Gasteiger partial charge on any atom is 0.498 e. The molecule has 1 amide bonds. The maximum absolute atomic E-state index is 12.3. The largest absolute Gasteiger partial charge is 0.498 e. The van der Waals surface area contributed by atoms with Crippen LogP contribution in [-0.4, -0.2) is 54.6 Å². The third-order valence-corrected chi connectivity index (χ3v) is 6.46. The predicted octanol–water partition coefficient (Wildman–Crippen LogP) is 4.67. The van der Waals surface area contributed by atoms with Gasteiger partial charge in [0, 0.05) is 23.6 Å². The zero-order chi connectivity index (χ0) is 23.0. The van der Waals surface area contributed by atoms with Crippen LogP contribution in [0.1, 0.15) is 61.3 Å². The number of ether oxygens (including phenoxy) is 2. The van der Waals surface area contributed by atoms with Crippen LogP contribution in [0.25, 0.3) is 0 Å². The van der Waals surface area contributed by atoms with E-state index >= 15 is 0 Å². The van der Waals surface area contributed by atoms with Crippen molar-refractivity contribution in [3.63, 3.8) is 0 Å². The Morgan fingerprint density at radius 2 is 1.74 bits per heavy atom. The second kappa shape index (κ2) is 8.83. The first-order valence-electron chi connectivity index (χ1n) is 11.0. The number of benzene rings is 1. The number of halogens is 1. The van der Waals surface area contributed by atoms with Crippen molar-refractivity contribution < 1.29 is 23.6 Å². The summed E-state index contributed by atoms with van der Waals surface area (Å²) < 4.78 is 24.1. The second-order valence-corrected chi connectivity index (χ2v) is 10.9. The summed E-state index contributed by atoms with van der Waals surface area (Å²) in [4.78, 5) is 14.0. The maximum atomic E-state index is 12.3. The molecule has 8 heteroatoms. The highest BCUT2D eigenvalue weighted by Crippen LogP contribution is 2.37. The third-order valence-electron chi connectivity index (χ3n) is 6.22. The van der Waals surface area contributed by atoms with Gasteiger partial charge in [0.1, 0.15) is 11.4 Å². The molecular formula is C23H35BClNO5. The van der Waals surface area contributed by atoms with Crippen LogP contribution in [0.15, 0.2) is 18.2 Å². The molecule has 0 aliphatic carbocycles. The lowest BCUT2D eigenvalue weighted by atomic mass is 9.78. The molecule has 0 spiro atoms. The van der Waals surface area contributed by atoms with Crippen LogP contribution in [0.3, 0.4) is 0 Å². The van der Waals surface area contributed by atoms with Gasteiger partial charge in [-0.05, 0) is 79.4 Å². The monoisotopic (exact) mass is 451 g/mol. The topological polar surface area (TPSA) is 57.2 Å². The zero-order valence-electron chi connectivity index (χ0n) is 19.8. The molecule has 31 heavy (non-hydrogen) atoms. The summed E-state index contributed by atoms with van der Waals surface area (Å²) in [5, 5.41) is 0.606. The molecule has 2 saturated heterocycles. The van der Waals surface area contributed by atoms with Crippen molar-refractivity contribution in [1.29, 1.82) is 0 Å². The first-order valence-corrected chi connectivity index (χ1v) is 11.4. The minimum Gasteiger partial charge on any atom is -0.494 e. The Labute approximate surface area is 191 Å². The van der Waals surface area contributed by atoms with E-state index in [1.165, 1.54) is 0 Å². The molecule has 0 bridgehead atoms. The molecule has 3 rings (SSSR count). The molecule has 2 aliphatic rings. The van der Waals surface area contributed by atoms with E-state index in [0.29, 0.717) is 36.4 Å². The number of likely N-dealkylation sites (tertiary alicyclic amines) is 1. The van der Waals surface area contributed by atoms with E-state index in [2.05, 4.69) is 0 Å². The Morgan fingerprint density at radius 1 is 1.16 bits per heavy atom. The van der Waals surface area contributed by atoms with Gasteiger partial charge in [-0.25, -0.2) is 4.79 Å². The molecule has 2 heterocycles. The Bertz CT molecular complexity index is 784. The highest BCUT2D eigenvalue weighted by atomic mass is 35.5. The lowest BCUT2D eigenvalue weighted by Crippen LogP contribution is -2.42. The smallest absolute Gasteiger partial charge is 0.494 e. The van der Waals surface area contributed by atoms with E-state index in [9.17, 15) is 4.79 Å². The number of piperidine rings is 1. The minimum atomic E-state index is -0.508. The molecule has 1 aromatic carbocycles. The lowest BCUT2D eigenvalue weighted by molar-refractivity contribution is 0.00578. The molecule has 0 unspecified atom stereocenters. The predicted molar refractivity (Wildman–Crippen MR) is 123 cm³/mol. The summed E-state index contributed by atoms with van der Waals surface area (Å²) in [6.45, 7) is 15.7. The molecular weight excluding hydrogens is 417 g/mol. The molecule has 0 radical (unpaired) electrons. The Morgan fingerprint density at radius 3 is 2.29 bits per heavy atom. The zero-order valence-corrected chi connectivity index (χ0v) is 20.5. The van der Waals surface area contributed by atoms with Crippen LogP contribution in [0.5, 0.6) is 5.75 Å². The van der Waals surface area contributed by atoms with Gasteiger partial charge in [-0.1, -0.05) is 17.7 Å². The van der Waals surface area contributed by atoms with Gasteiger partial charge in [0.2, 0.25) is 0 Å². The van der Waals surface area contributed by atoms with E-state index in [-0.39, 0.29) is 6.09 Å². The van der Waals surface area contributed by atoms with E-state index in [0.717, 1.165) is 18.3 Å². The van der Waals surface area contributed by atoms with Crippen molar-refractivity contribution in [2.45, 2.75) is 78.1 Å². The molecule has 2 fully saturated rings. The molecule has 0 atom stereocenters. The Balaban J connectivity index is 1.60. The Kier molecular flexibility index (Phi) is 6.90.